The number of hydrogen-bond acceptors (Lipinski definition) is 3. The van der Waals surface area contributed by atoms with E-state index in [0.29, 0.717) is 0 Å². The number of halogens is 1. The monoisotopic (exact) mass is 351 g/mol. The Morgan fingerprint density at radius 1 is 1.29 bits per heavy atom. The molecular formula is C14H14BrN3O3. The third kappa shape index (κ3) is 3.30. The summed E-state index contributed by atoms with van der Waals surface area (Å²) in [6.07, 6.45) is 0. The number of aromatic nitrogens is 1. The van der Waals surface area contributed by atoms with Gasteiger partial charge in [0.25, 0.3) is 5.91 Å². The lowest BCUT2D eigenvalue weighted by Gasteiger charge is -2.13. The zero-order valence-corrected chi connectivity index (χ0v) is 13.1. The molecular weight excluding hydrogens is 338 g/mol. The van der Waals surface area contributed by atoms with E-state index < -0.39 is 4.92 Å². The summed E-state index contributed by atoms with van der Waals surface area (Å²) in [6, 6.07) is 10.2. The third-order valence-corrected chi connectivity index (χ3v) is 3.76. The van der Waals surface area contributed by atoms with Crippen molar-refractivity contribution >= 4 is 27.7 Å². The Morgan fingerprint density at radius 3 is 2.43 bits per heavy atom. The molecule has 0 fully saturated rings. The molecule has 21 heavy (non-hydrogen) atoms. The standard InChI is InChI=1S/C14H14BrN3O3/c1-9(10-3-5-11(15)6-4-10)16-14(19)12-7-8-13(17(12)2)18(20)21/h3-9H,1-2H3,(H,16,19). The topological polar surface area (TPSA) is 77.2 Å². The minimum absolute atomic E-state index is 0.114. The van der Waals surface area contributed by atoms with Crippen LogP contribution in [0.2, 0.25) is 0 Å². The van der Waals surface area contributed by atoms with E-state index in [-0.39, 0.29) is 23.5 Å². The molecule has 0 saturated carbocycles. The van der Waals surface area contributed by atoms with Gasteiger partial charge in [0, 0.05) is 10.5 Å². The van der Waals surface area contributed by atoms with E-state index in [4.69, 9.17) is 0 Å². The molecule has 1 unspecified atom stereocenters. The molecule has 7 heteroatoms. The minimum Gasteiger partial charge on any atom is -0.358 e. The van der Waals surface area contributed by atoms with Crippen LogP contribution in [0.3, 0.4) is 0 Å². The molecule has 2 rings (SSSR count). The molecule has 6 nitrogen and oxygen atoms in total. The maximum Gasteiger partial charge on any atom is 0.323 e. The first-order valence-corrected chi connectivity index (χ1v) is 7.06. The molecule has 1 aromatic heterocycles. The maximum atomic E-state index is 12.2. The first-order valence-electron chi connectivity index (χ1n) is 6.26. The van der Waals surface area contributed by atoms with Crippen molar-refractivity contribution in [2.24, 2.45) is 7.05 Å². The number of nitro groups is 1. The largest absolute Gasteiger partial charge is 0.358 e. The average Bonchev–Trinajstić information content (AvgIpc) is 2.81. The average molecular weight is 352 g/mol. The van der Waals surface area contributed by atoms with E-state index in [1.165, 1.54) is 23.7 Å². The highest BCUT2D eigenvalue weighted by atomic mass is 79.9. The van der Waals surface area contributed by atoms with Crippen LogP contribution in [0.5, 0.6) is 0 Å². The molecule has 1 atom stereocenters. The van der Waals surface area contributed by atoms with Crippen molar-refractivity contribution in [1.29, 1.82) is 0 Å². The van der Waals surface area contributed by atoms with Crippen molar-refractivity contribution in [3.63, 3.8) is 0 Å². The van der Waals surface area contributed by atoms with Gasteiger partial charge in [-0.15, -0.1) is 0 Å². The van der Waals surface area contributed by atoms with Crippen molar-refractivity contribution in [1.82, 2.24) is 9.88 Å². The maximum absolute atomic E-state index is 12.2. The van der Waals surface area contributed by atoms with Crippen LogP contribution in [0.4, 0.5) is 5.82 Å². The Labute approximate surface area is 130 Å². The second-order valence-electron chi connectivity index (χ2n) is 4.64. The fraction of sp³-hybridized carbons (Fsp3) is 0.214. The Hall–Kier alpha value is -2.15. The highest BCUT2D eigenvalue weighted by molar-refractivity contribution is 9.10. The summed E-state index contributed by atoms with van der Waals surface area (Å²) < 4.78 is 2.23. The molecule has 110 valence electrons. The van der Waals surface area contributed by atoms with Gasteiger partial charge < -0.3 is 15.4 Å². The molecule has 1 heterocycles. The summed E-state index contributed by atoms with van der Waals surface area (Å²) in [7, 11) is 1.50. The van der Waals surface area contributed by atoms with Gasteiger partial charge in [0.1, 0.15) is 0 Å². The van der Waals surface area contributed by atoms with Crippen LogP contribution < -0.4 is 5.32 Å². The Bertz CT molecular complexity index is 679. The summed E-state index contributed by atoms with van der Waals surface area (Å²) in [5.74, 6) is -0.461. The molecule has 0 saturated heterocycles. The second-order valence-corrected chi connectivity index (χ2v) is 5.56. The summed E-state index contributed by atoms with van der Waals surface area (Å²) >= 11 is 3.35. The second kappa shape index (κ2) is 6.09. The summed E-state index contributed by atoms with van der Waals surface area (Å²) in [5.41, 5.74) is 1.21. The lowest BCUT2D eigenvalue weighted by atomic mass is 10.1. The highest BCUT2D eigenvalue weighted by Crippen LogP contribution is 2.19. The van der Waals surface area contributed by atoms with E-state index >= 15 is 0 Å². The van der Waals surface area contributed by atoms with Crippen molar-refractivity contribution < 1.29 is 9.72 Å². The van der Waals surface area contributed by atoms with Gasteiger partial charge in [0.05, 0.1) is 13.1 Å². The van der Waals surface area contributed by atoms with Gasteiger partial charge in [0.2, 0.25) is 0 Å². The molecule has 0 spiro atoms. The first-order chi connectivity index (χ1) is 9.90. The predicted octanol–water partition coefficient (Wildman–Crippen LogP) is 3.19. The van der Waals surface area contributed by atoms with Gasteiger partial charge in [0.15, 0.2) is 5.69 Å². The van der Waals surface area contributed by atoms with E-state index in [9.17, 15) is 14.9 Å². The van der Waals surface area contributed by atoms with Crippen molar-refractivity contribution in [2.75, 3.05) is 0 Å². The van der Waals surface area contributed by atoms with Crippen molar-refractivity contribution in [2.45, 2.75) is 13.0 Å². The Balaban J connectivity index is 2.14. The van der Waals surface area contributed by atoms with Crippen LogP contribution in [0, 0.1) is 10.1 Å². The van der Waals surface area contributed by atoms with E-state index in [1.807, 2.05) is 31.2 Å². The van der Waals surface area contributed by atoms with E-state index in [1.54, 1.807) is 0 Å². The SMILES string of the molecule is CC(NC(=O)c1ccc([N+](=O)[O-])n1C)c1ccc(Br)cc1. The van der Waals surface area contributed by atoms with E-state index in [0.717, 1.165) is 10.0 Å². The van der Waals surface area contributed by atoms with E-state index in [2.05, 4.69) is 21.2 Å². The van der Waals surface area contributed by atoms with Gasteiger partial charge in [-0.3, -0.25) is 4.79 Å². The quantitative estimate of drug-likeness (QED) is 0.678. The van der Waals surface area contributed by atoms with Gasteiger partial charge in [-0.05, 0) is 35.6 Å². The smallest absolute Gasteiger partial charge is 0.323 e. The van der Waals surface area contributed by atoms with Crippen LogP contribution in [0.15, 0.2) is 40.9 Å². The zero-order valence-electron chi connectivity index (χ0n) is 11.5. The molecule has 0 aliphatic carbocycles. The molecule has 1 amide bonds. The number of amides is 1. The normalized spacial score (nSPS) is 12.0. The number of nitrogens with zero attached hydrogens (tertiary/aromatic N) is 2. The molecule has 1 aromatic carbocycles. The number of hydrogen-bond donors (Lipinski definition) is 1. The lowest BCUT2D eigenvalue weighted by molar-refractivity contribution is -0.391. The summed E-state index contributed by atoms with van der Waals surface area (Å²) in [6.45, 7) is 1.86. The minimum atomic E-state index is -0.519. The van der Waals surface area contributed by atoms with Crippen LogP contribution >= 0.6 is 15.9 Å². The summed E-state index contributed by atoms with van der Waals surface area (Å²) in [4.78, 5) is 22.5. The molecule has 0 bridgehead atoms. The lowest BCUT2D eigenvalue weighted by Crippen LogP contribution is -2.28. The fourth-order valence-corrected chi connectivity index (χ4v) is 2.28. The third-order valence-electron chi connectivity index (χ3n) is 3.23. The highest BCUT2D eigenvalue weighted by Gasteiger charge is 2.21. The summed E-state index contributed by atoms with van der Waals surface area (Å²) in [5, 5.41) is 13.6. The Morgan fingerprint density at radius 2 is 1.90 bits per heavy atom. The fourth-order valence-electron chi connectivity index (χ4n) is 2.02. The first kappa shape index (κ1) is 15.2. The van der Waals surface area contributed by atoms with Gasteiger partial charge in [-0.1, -0.05) is 28.1 Å². The molecule has 0 aliphatic heterocycles. The number of carbonyl (C=O) groups is 1. The molecule has 0 aliphatic rings. The van der Waals surface area contributed by atoms with Crippen molar-refractivity contribution in [3.8, 4) is 0 Å². The number of nitrogens with one attached hydrogen (secondary N) is 1. The Kier molecular flexibility index (Phi) is 4.42. The number of rotatable bonds is 4. The zero-order chi connectivity index (χ0) is 15.6. The number of benzene rings is 1. The predicted molar refractivity (Wildman–Crippen MR) is 82.1 cm³/mol. The van der Waals surface area contributed by atoms with Crippen LogP contribution in [0.1, 0.15) is 29.0 Å². The van der Waals surface area contributed by atoms with Gasteiger partial charge >= 0.3 is 5.82 Å². The van der Waals surface area contributed by atoms with Crippen LogP contribution in [0.25, 0.3) is 0 Å². The molecule has 1 N–H and O–H groups in total. The van der Waals surface area contributed by atoms with Crippen LogP contribution in [-0.4, -0.2) is 15.4 Å². The number of carbonyl (C=O) groups excluding carboxylic acids is 1. The molecule has 0 radical (unpaired) electrons. The van der Waals surface area contributed by atoms with Gasteiger partial charge in [-0.25, -0.2) is 4.57 Å². The van der Waals surface area contributed by atoms with Crippen molar-refractivity contribution in [3.05, 3.63) is 62.2 Å². The van der Waals surface area contributed by atoms with Gasteiger partial charge in [-0.2, -0.15) is 0 Å². The molecule has 2 aromatic rings. The van der Waals surface area contributed by atoms with Crippen LogP contribution in [-0.2, 0) is 7.05 Å².